The molecule has 19 heavy (non-hydrogen) atoms. The van der Waals surface area contributed by atoms with Crippen molar-refractivity contribution in [2.45, 2.75) is 44.7 Å². The summed E-state index contributed by atoms with van der Waals surface area (Å²) in [5.41, 5.74) is 7.09. The molecule has 1 saturated carbocycles. The number of hydrogen-bond acceptors (Lipinski definition) is 2. The van der Waals surface area contributed by atoms with Crippen molar-refractivity contribution in [2.75, 3.05) is 13.1 Å². The van der Waals surface area contributed by atoms with Crippen molar-refractivity contribution in [2.24, 2.45) is 5.73 Å². The van der Waals surface area contributed by atoms with Crippen LogP contribution in [0.1, 0.15) is 44.2 Å². The molecule has 2 N–H and O–H groups in total. The Labute approximate surface area is 125 Å². The van der Waals surface area contributed by atoms with E-state index < -0.39 is 0 Å². The first kappa shape index (κ1) is 15.1. The van der Waals surface area contributed by atoms with Crippen LogP contribution in [0.25, 0.3) is 0 Å². The molecular formula is C15H22Cl2N2. The van der Waals surface area contributed by atoms with Gasteiger partial charge in [0.05, 0.1) is 10.0 Å². The van der Waals surface area contributed by atoms with E-state index in [0.29, 0.717) is 22.6 Å². The third kappa shape index (κ3) is 3.25. The first-order chi connectivity index (χ1) is 9.19. The molecule has 0 aliphatic heterocycles. The molecule has 2 rings (SSSR count). The molecule has 1 unspecified atom stereocenters. The predicted octanol–water partition coefficient (Wildman–Crippen LogP) is 4.26. The van der Waals surface area contributed by atoms with Gasteiger partial charge in [-0.15, -0.1) is 0 Å². The van der Waals surface area contributed by atoms with Crippen LogP contribution in [0.2, 0.25) is 10.0 Å². The van der Waals surface area contributed by atoms with E-state index >= 15 is 0 Å². The molecule has 1 fully saturated rings. The number of nitrogens with zero attached hydrogens (tertiary/aromatic N) is 1. The Morgan fingerprint density at radius 2 is 2.00 bits per heavy atom. The average molecular weight is 301 g/mol. The van der Waals surface area contributed by atoms with Gasteiger partial charge in [0.2, 0.25) is 0 Å². The zero-order valence-corrected chi connectivity index (χ0v) is 12.9. The van der Waals surface area contributed by atoms with Gasteiger partial charge in [-0.2, -0.15) is 0 Å². The van der Waals surface area contributed by atoms with E-state index in [4.69, 9.17) is 28.9 Å². The van der Waals surface area contributed by atoms with Crippen LogP contribution in [0.15, 0.2) is 18.2 Å². The van der Waals surface area contributed by atoms with E-state index in [-0.39, 0.29) is 6.04 Å². The largest absolute Gasteiger partial charge is 0.329 e. The minimum absolute atomic E-state index is 0.166. The molecule has 1 aliphatic carbocycles. The molecule has 0 amide bonds. The van der Waals surface area contributed by atoms with E-state index in [1.54, 1.807) is 0 Å². The summed E-state index contributed by atoms with van der Waals surface area (Å²) in [6.45, 7) is 3.76. The van der Waals surface area contributed by atoms with E-state index in [0.717, 1.165) is 12.1 Å². The van der Waals surface area contributed by atoms with Gasteiger partial charge in [-0.05, 0) is 31.0 Å². The molecule has 4 heteroatoms. The first-order valence-electron chi connectivity index (χ1n) is 7.08. The Morgan fingerprint density at radius 3 is 2.58 bits per heavy atom. The lowest BCUT2D eigenvalue weighted by molar-refractivity contribution is 0.147. The Morgan fingerprint density at radius 1 is 1.32 bits per heavy atom. The Balaban J connectivity index is 2.28. The maximum absolute atomic E-state index is 6.36. The Hall–Kier alpha value is -0.280. The first-order valence-corrected chi connectivity index (χ1v) is 7.84. The van der Waals surface area contributed by atoms with Crippen molar-refractivity contribution in [3.63, 3.8) is 0 Å². The molecule has 0 spiro atoms. The van der Waals surface area contributed by atoms with Crippen molar-refractivity contribution >= 4 is 23.2 Å². The smallest absolute Gasteiger partial charge is 0.0640 e. The molecule has 1 aromatic carbocycles. The summed E-state index contributed by atoms with van der Waals surface area (Å²) in [7, 11) is 0. The van der Waals surface area contributed by atoms with Gasteiger partial charge < -0.3 is 5.73 Å². The van der Waals surface area contributed by atoms with Gasteiger partial charge in [0.25, 0.3) is 0 Å². The molecule has 1 aliphatic rings. The van der Waals surface area contributed by atoms with Crippen LogP contribution < -0.4 is 5.73 Å². The van der Waals surface area contributed by atoms with Crippen molar-refractivity contribution in [1.29, 1.82) is 0 Å². The monoisotopic (exact) mass is 300 g/mol. The Kier molecular flexibility index (Phi) is 5.52. The topological polar surface area (TPSA) is 29.3 Å². The zero-order valence-electron chi connectivity index (χ0n) is 11.4. The normalized spacial score (nSPS) is 18.2. The molecule has 0 saturated heterocycles. The molecule has 0 bridgehead atoms. The highest BCUT2D eigenvalue weighted by Crippen LogP contribution is 2.35. The molecule has 2 nitrogen and oxygen atoms in total. The van der Waals surface area contributed by atoms with Crippen LogP contribution in [0.4, 0.5) is 0 Å². The number of benzene rings is 1. The van der Waals surface area contributed by atoms with Gasteiger partial charge in [0.1, 0.15) is 0 Å². The molecule has 0 radical (unpaired) electrons. The molecule has 1 aromatic rings. The van der Waals surface area contributed by atoms with Gasteiger partial charge in [-0.1, -0.05) is 55.1 Å². The second-order valence-electron chi connectivity index (χ2n) is 5.16. The van der Waals surface area contributed by atoms with E-state index in [2.05, 4.69) is 11.8 Å². The molecule has 1 atom stereocenters. The predicted molar refractivity (Wildman–Crippen MR) is 82.9 cm³/mol. The number of hydrogen-bond donors (Lipinski definition) is 1. The lowest BCUT2D eigenvalue weighted by Gasteiger charge is -2.35. The summed E-state index contributed by atoms with van der Waals surface area (Å²) in [6.07, 6.45) is 5.18. The minimum Gasteiger partial charge on any atom is -0.329 e. The van der Waals surface area contributed by atoms with Crippen molar-refractivity contribution in [3.05, 3.63) is 33.8 Å². The SMILES string of the molecule is CCN(C1CCCC1)C(CN)c1cccc(Cl)c1Cl. The van der Waals surface area contributed by atoms with Crippen LogP contribution in [-0.2, 0) is 0 Å². The molecule has 106 valence electrons. The summed E-state index contributed by atoms with van der Waals surface area (Å²) in [5, 5.41) is 1.26. The lowest BCUT2D eigenvalue weighted by atomic mass is 10.0. The van der Waals surface area contributed by atoms with Crippen molar-refractivity contribution < 1.29 is 0 Å². The fourth-order valence-electron chi connectivity index (χ4n) is 3.19. The Bertz CT molecular complexity index is 417. The average Bonchev–Trinajstić information content (AvgIpc) is 2.93. The van der Waals surface area contributed by atoms with Gasteiger partial charge >= 0.3 is 0 Å². The van der Waals surface area contributed by atoms with Gasteiger partial charge in [0, 0.05) is 18.6 Å². The highest BCUT2D eigenvalue weighted by molar-refractivity contribution is 6.42. The minimum atomic E-state index is 0.166. The van der Waals surface area contributed by atoms with Crippen molar-refractivity contribution in [3.8, 4) is 0 Å². The fraction of sp³-hybridized carbons (Fsp3) is 0.600. The maximum Gasteiger partial charge on any atom is 0.0640 e. The molecule has 0 heterocycles. The van der Waals surface area contributed by atoms with E-state index in [9.17, 15) is 0 Å². The third-order valence-corrected chi connectivity index (χ3v) is 4.96. The van der Waals surface area contributed by atoms with Gasteiger partial charge in [-0.3, -0.25) is 4.90 Å². The number of rotatable bonds is 5. The molecule has 0 aromatic heterocycles. The maximum atomic E-state index is 6.36. The number of nitrogens with two attached hydrogens (primary N) is 1. The quantitative estimate of drug-likeness (QED) is 0.880. The highest BCUT2D eigenvalue weighted by atomic mass is 35.5. The fourth-order valence-corrected chi connectivity index (χ4v) is 3.62. The van der Waals surface area contributed by atoms with Crippen LogP contribution in [0, 0.1) is 0 Å². The number of likely N-dealkylation sites (N-methyl/N-ethyl adjacent to an activating group) is 1. The highest BCUT2D eigenvalue weighted by Gasteiger charge is 2.29. The summed E-state index contributed by atoms with van der Waals surface area (Å²) in [6, 6.07) is 6.62. The second-order valence-corrected chi connectivity index (χ2v) is 5.95. The lowest BCUT2D eigenvalue weighted by Crippen LogP contribution is -2.40. The van der Waals surface area contributed by atoms with Crippen LogP contribution in [-0.4, -0.2) is 24.0 Å². The number of halogens is 2. The van der Waals surface area contributed by atoms with Crippen LogP contribution in [0.3, 0.4) is 0 Å². The van der Waals surface area contributed by atoms with E-state index in [1.165, 1.54) is 25.7 Å². The summed E-state index contributed by atoms with van der Waals surface area (Å²) < 4.78 is 0. The van der Waals surface area contributed by atoms with Crippen molar-refractivity contribution in [1.82, 2.24) is 4.90 Å². The third-order valence-electron chi connectivity index (χ3n) is 4.12. The van der Waals surface area contributed by atoms with E-state index in [1.807, 2.05) is 18.2 Å². The summed E-state index contributed by atoms with van der Waals surface area (Å²) >= 11 is 12.5. The zero-order chi connectivity index (χ0) is 13.8. The van der Waals surface area contributed by atoms with Crippen LogP contribution in [0.5, 0.6) is 0 Å². The standard InChI is InChI=1S/C15H22Cl2N2/c1-2-19(11-6-3-4-7-11)14(10-18)12-8-5-9-13(16)15(12)17/h5,8-9,11,14H,2-4,6-7,10,18H2,1H3. The van der Waals surface area contributed by atoms with Crippen LogP contribution >= 0.6 is 23.2 Å². The summed E-state index contributed by atoms with van der Waals surface area (Å²) in [5.74, 6) is 0. The van der Waals surface area contributed by atoms with Gasteiger partial charge in [0.15, 0.2) is 0 Å². The second kappa shape index (κ2) is 6.94. The van der Waals surface area contributed by atoms with Gasteiger partial charge in [-0.25, -0.2) is 0 Å². The molecular weight excluding hydrogens is 279 g/mol. The summed E-state index contributed by atoms with van der Waals surface area (Å²) in [4.78, 5) is 2.49.